The Morgan fingerprint density at radius 1 is 1.29 bits per heavy atom. The molecule has 2 aromatic heterocycles. The van der Waals surface area contributed by atoms with E-state index in [4.69, 9.17) is 14.0 Å². The van der Waals surface area contributed by atoms with Crippen LogP contribution in [-0.4, -0.2) is 51.3 Å². The van der Waals surface area contributed by atoms with Crippen LogP contribution in [-0.2, 0) is 11.3 Å². The van der Waals surface area contributed by atoms with Crippen LogP contribution in [0.5, 0.6) is 6.01 Å². The third-order valence-electron chi connectivity index (χ3n) is 4.27. The van der Waals surface area contributed by atoms with E-state index >= 15 is 0 Å². The van der Waals surface area contributed by atoms with Gasteiger partial charge in [0, 0.05) is 31.7 Å². The minimum absolute atomic E-state index is 0.0868. The summed E-state index contributed by atoms with van der Waals surface area (Å²) in [6.07, 6.45) is 3.91. The summed E-state index contributed by atoms with van der Waals surface area (Å²) >= 11 is 0. The third-order valence-corrected chi connectivity index (χ3v) is 4.27. The number of morpholine rings is 1. The lowest BCUT2D eigenvalue weighted by atomic mass is 10.2. The molecule has 24 heavy (non-hydrogen) atoms. The number of aromatic nitrogens is 4. The molecule has 0 unspecified atom stereocenters. The van der Waals surface area contributed by atoms with Gasteiger partial charge in [-0.25, -0.2) is 4.98 Å². The molecule has 8 heteroatoms. The highest BCUT2D eigenvalue weighted by molar-refractivity contribution is 5.07. The first-order chi connectivity index (χ1) is 11.7. The van der Waals surface area contributed by atoms with Crippen molar-refractivity contribution in [2.45, 2.75) is 44.4 Å². The molecule has 0 aromatic carbocycles. The van der Waals surface area contributed by atoms with Crippen LogP contribution in [0.4, 0.5) is 0 Å². The lowest BCUT2D eigenvalue weighted by Gasteiger charge is -2.34. The van der Waals surface area contributed by atoms with E-state index in [0.29, 0.717) is 30.9 Å². The molecule has 4 rings (SSSR count). The molecule has 0 radical (unpaired) electrons. The first-order valence-electron chi connectivity index (χ1n) is 8.28. The second kappa shape index (κ2) is 6.45. The van der Waals surface area contributed by atoms with Gasteiger partial charge in [-0.2, -0.15) is 9.97 Å². The number of methoxy groups -OCH3 is 1. The second-order valence-electron chi connectivity index (χ2n) is 6.43. The first-order valence-corrected chi connectivity index (χ1v) is 8.28. The van der Waals surface area contributed by atoms with Crippen LogP contribution in [0.25, 0.3) is 0 Å². The Morgan fingerprint density at radius 2 is 2.17 bits per heavy atom. The van der Waals surface area contributed by atoms with Crippen molar-refractivity contribution in [2.24, 2.45) is 0 Å². The molecule has 2 fully saturated rings. The standard InChI is InChI=1S/C16H21N5O3/c1-10-7-21(8-12-5-6-17-16(18-12)22-2)9-13(23-10)15-19-14(20-24-15)11-3-4-11/h5-6,10-11,13H,3-4,7-9H2,1-2H3/t10-,13-/m1/s1. The fourth-order valence-electron chi connectivity index (χ4n) is 2.98. The summed E-state index contributed by atoms with van der Waals surface area (Å²) < 4.78 is 16.5. The lowest BCUT2D eigenvalue weighted by Crippen LogP contribution is -2.42. The molecule has 8 nitrogen and oxygen atoms in total. The van der Waals surface area contributed by atoms with Gasteiger partial charge in [0.15, 0.2) is 5.82 Å². The normalized spacial score (nSPS) is 24.9. The van der Waals surface area contributed by atoms with E-state index in [-0.39, 0.29) is 12.2 Å². The van der Waals surface area contributed by atoms with Crippen LogP contribution in [0.15, 0.2) is 16.8 Å². The average Bonchev–Trinajstić information content (AvgIpc) is 3.31. The molecule has 2 atom stereocenters. The summed E-state index contributed by atoms with van der Waals surface area (Å²) in [5.41, 5.74) is 0.916. The molecule has 0 spiro atoms. The molecule has 1 aliphatic carbocycles. The summed E-state index contributed by atoms with van der Waals surface area (Å²) in [4.78, 5) is 15.2. The Bertz CT molecular complexity index is 703. The number of ether oxygens (including phenoxy) is 2. The highest BCUT2D eigenvalue weighted by atomic mass is 16.5. The largest absolute Gasteiger partial charge is 0.467 e. The Hall–Kier alpha value is -2.06. The molecule has 2 aliphatic rings. The fourth-order valence-corrected chi connectivity index (χ4v) is 2.98. The maximum atomic E-state index is 6.00. The molecule has 2 aromatic rings. The maximum Gasteiger partial charge on any atom is 0.316 e. The van der Waals surface area contributed by atoms with Crippen molar-refractivity contribution in [3.8, 4) is 6.01 Å². The molecular weight excluding hydrogens is 310 g/mol. The van der Waals surface area contributed by atoms with Crippen molar-refractivity contribution in [3.05, 3.63) is 29.7 Å². The monoisotopic (exact) mass is 331 g/mol. The summed E-state index contributed by atoms with van der Waals surface area (Å²) in [5.74, 6) is 1.88. The van der Waals surface area contributed by atoms with Crippen LogP contribution >= 0.6 is 0 Å². The van der Waals surface area contributed by atoms with E-state index in [1.165, 1.54) is 0 Å². The Balaban J connectivity index is 1.45. The Morgan fingerprint density at radius 3 is 2.96 bits per heavy atom. The van der Waals surface area contributed by atoms with E-state index in [0.717, 1.165) is 30.9 Å². The average molecular weight is 331 g/mol. The van der Waals surface area contributed by atoms with Gasteiger partial charge in [0.25, 0.3) is 5.89 Å². The van der Waals surface area contributed by atoms with Gasteiger partial charge in [-0.1, -0.05) is 5.16 Å². The fraction of sp³-hybridized carbons (Fsp3) is 0.625. The van der Waals surface area contributed by atoms with Gasteiger partial charge in [0.05, 0.1) is 18.9 Å². The molecule has 1 saturated heterocycles. The topological polar surface area (TPSA) is 86.4 Å². The van der Waals surface area contributed by atoms with Crippen LogP contribution in [0.3, 0.4) is 0 Å². The van der Waals surface area contributed by atoms with Crippen molar-refractivity contribution in [3.63, 3.8) is 0 Å². The van der Waals surface area contributed by atoms with Gasteiger partial charge in [0.1, 0.15) is 6.10 Å². The van der Waals surface area contributed by atoms with Crippen molar-refractivity contribution >= 4 is 0 Å². The third kappa shape index (κ3) is 3.39. The van der Waals surface area contributed by atoms with Gasteiger partial charge in [0.2, 0.25) is 0 Å². The van der Waals surface area contributed by atoms with E-state index in [2.05, 4.69) is 31.9 Å². The van der Waals surface area contributed by atoms with Gasteiger partial charge in [-0.15, -0.1) is 0 Å². The number of hydrogen-bond acceptors (Lipinski definition) is 8. The smallest absolute Gasteiger partial charge is 0.316 e. The summed E-state index contributed by atoms with van der Waals surface area (Å²) in [6.45, 7) is 4.28. The van der Waals surface area contributed by atoms with E-state index in [1.54, 1.807) is 13.3 Å². The second-order valence-corrected chi connectivity index (χ2v) is 6.43. The van der Waals surface area contributed by atoms with Crippen molar-refractivity contribution in [2.75, 3.05) is 20.2 Å². The molecule has 128 valence electrons. The molecule has 1 aliphatic heterocycles. The zero-order valence-corrected chi connectivity index (χ0v) is 13.9. The molecule has 3 heterocycles. The van der Waals surface area contributed by atoms with Crippen LogP contribution in [0.1, 0.15) is 49.2 Å². The Labute approximate surface area is 140 Å². The van der Waals surface area contributed by atoms with Gasteiger partial charge in [-0.3, -0.25) is 4.90 Å². The molecule has 1 saturated carbocycles. The highest BCUT2D eigenvalue weighted by Crippen LogP contribution is 2.39. The SMILES string of the molecule is COc1nccc(CN2C[C@@H](C)O[C@@H](c3nc(C4CC4)no3)C2)n1. The highest BCUT2D eigenvalue weighted by Gasteiger charge is 2.34. The molecule has 0 bridgehead atoms. The summed E-state index contributed by atoms with van der Waals surface area (Å²) in [7, 11) is 1.57. The maximum absolute atomic E-state index is 6.00. The molecule has 0 N–H and O–H groups in total. The minimum Gasteiger partial charge on any atom is -0.467 e. The van der Waals surface area contributed by atoms with Gasteiger partial charge < -0.3 is 14.0 Å². The van der Waals surface area contributed by atoms with Gasteiger partial charge in [-0.05, 0) is 25.8 Å². The molecular formula is C16H21N5O3. The predicted octanol–water partition coefficient (Wildman–Crippen LogP) is 1.71. The molecule has 0 amide bonds. The van der Waals surface area contributed by atoms with Crippen molar-refractivity contribution in [1.82, 2.24) is 25.0 Å². The van der Waals surface area contributed by atoms with E-state index < -0.39 is 0 Å². The zero-order valence-electron chi connectivity index (χ0n) is 13.9. The van der Waals surface area contributed by atoms with Crippen LogP contribution < -0.4 is 4.74 Å². The number of nitrogens with zero attached hydrogens (tertiary/aromatic N) is 5. The first kappa shape index (κ1) is 15.5. The zero-order chi connectivity index (χ0) is 16.5. The van der Waals surface area contributed by atoms with Gasteiger partial charge >= 0.3 is 6.01 Å². The summed E-state index contributed by atoms with van der Waals surface area (Å²) in [5, 5.41) is 4.09. The quantitative estimate of drug-likeness (QED) is 0.818. The van der Waals surface area contributed by atoms with E-state index in [1.807, 2.05) is 6.07 Å². The minimum atomic E-state index is -0.197. The van der Waals surface area contributed by atoms with E-state index in [9.17, 15) is 0 Å². The van der Waals surface area contributed by atoms with Crippen LogP contribution in [0.2, 0.25) is 0 Å². The summed E-state index contributed by atoms with van der Waals surface area (Å²) in [6, 6.07) is 2.28. The van der Waals surface area contributed by atoms with Crippen molar-refractivity contribution in [1.29, 1.82) is 0 Å². The number of hydrogen-bond donors (Lipinski definition) is 0. The van der Waals surface area contributed by atoms with Crippen molar-refractivity contribution < 1.29 is 14.0 Å². The predicted molar refractivity (Wildman–Crippen MR) is 83.4 cm³/mol. The lowest BCUT2D eigenvalue weighted by molar-refractivity contribution is -0.0933. The Kier molecular flexibility index (Phi) is 4.15. The van der Waals surface area contributed by atoms with Crippen LogP contribution in [0, 0.1) is 0 Å². The number of rotatable bonds is 5.